The zero-order valence-corrected chi connectivity index (χ0v) is 12.5. The summed E-state index contributed by atoms with van der Waals surface area (Å²) in [5.41, 5.74) is 2.72. The second-order valence-electron chi connectivity index (χ2n) is 5.27. The third-order valence-electron chi connectivity index (χ3n) is 3.95. The number of fused-ring (bicyclic) bond motifs is 5. The number of aromatic amines is 1. The normalized spacial score (nSPS) is 11.3. The SMILES string of the molecule is CCOC(=O)c1c(=O)c2ccccc2n2c1[nH]c1ccccc12. The lowest BCUT2D eigenvalue weighted by atomic mass is 10.1. The molecule has 0 saturated heterocycles. The molecule has 114 valence electrons. The molecule has 2 heterocycles. The molecule has 0 aliphatic rings. The molecular weight excluding hydrogens is 292 g/mol. The monoisotopic (exact) mass is 306 g/mol. The van der Waals surface area contributed by atoms with Crippen molar-refractivity contribution in [2.45, 2.75) is 6.92 Å². The van der Waals surface area contributed by atoms with E-state index in [1.807, 2.05) is 40.8 Å². The van der Waals surface area contributed by atoms with Crippen molar-refractivity contribution in [2.75, 3.05) is 6.61 Å². The van der Waals surface area contributed by atoms with Crippen LogP contribution in [0.2, 0.25) is 0 Å². The molecule has 0 amide bonds. The number of benzene rings is 2. The fraction of sp³-hybridized carbons (Fsp3) is 0.111. The first-order chi connectivity index (χ1) is 11.2. The number of carbonyl (C=O) groups excluding carboxylic acids is 1. The molecular formula is C18H14N2O3. The molecule has 0 fully saturated rings. The predicted molar refractivity (Wildman–Crippen MR) is 89.0 cm³/mol. The van der Waals surface area contributed by atoms with Crippen molar-refractivity contribution in [3.63, 3.8) is 0 Å². The van der Waals surface area contributed by atoms with E-state index >= 15 is 0 Å². The van der Waals surface area contributed by atoms with Crippen molar-refractivity contribution in [1.82, 2.24) is 9.38 Å². The van der Waals surface area contributed by atoms with Crippen LogP contribution in [0.5, 0.6) is 0 Å². The smallest absolute Gasteiger partial charge is 0.345 e. The second-order valence-corrected chi connectivity index (χ2v) is 5.27. The number of nitrogens with one attached hydrogen (secondary N) is 1. The maximum absolute atomic E-state index is 12.8. The van der Waals surface area contributed by atoms with Crippen LogP contribution in [0.3, 0.4) is 0 Å². The fourth-order valence-electron chi connectivity index (χ4n) is 3.00. The van der Waals surface area contributed by atoms with Gasteiger partial charge in [-0.2, -0.15) is 0 Å². The molecule has 1 N–H and O–H groups in total. The van der Waals surface area contributed by atoms with Crippen LogP contribution in [0.15, 0.2) is 53.3 Å². The van der Waals surface area contributed by atoms with E-state index in [0.29, 0.717) is 11.0 Å². The molecule has 0 radical (unpaired) electrons. The molecule has 4 aromatic rings. The largest absolute Gasteiger partial charge is 0.462 e. The molecule has 5 heteroatoms. The van der Waals surface area contributed by atoms with Crippen LogP contribution in [0.25, 0.3) is 27.6 Å². The minimum atomic E-state index is -0.604. The van der Waals surface area contributed by atoms with Crippen LogP contribution < -0.4 is 5.43 Å². The van der Waals surface area contributed by atoms with E-state index in [9.17, 15) is 9.59 Å². The van der Waals surface area contributed by atoms with Gasteiger partial charge < -0.3 is 9.72 Å². The number of nitrogens with zero attached hydrogens (tertiary/aromatic N) is 1. The molecule has 2 aromatic heterocycles. The number of rotatable bonds is 2. The van der Waals surface area contributed by atoms with Gasteiger partial charge in [0.05, 0.1) is 23.2 Å². The molecule has 0 saturated carbocycles. The van der Waals surface area contributed by atoms with E-state index in [-0.39, 0.29) is 17.6 Å². The predicted octanol–water partition coefficient (Wildman–Crippen LogP) is 3.11. The Morgan fingerprint density at radius 3 is 2.57 bits per heavy atom. The first kappa shape index (κ1) is 13.6. The summed E-state index contributed by atoms with van der Waals surface area (Å²) in [6, 6.07) is 15.0. The van der Waals surface area contributed by atoms with E-state index in [0.717, 1.165) is 16.6 Å². The highest BCUT2D eigenvalue weighted by atomic mass is 16.5. The number of ether oxygens (including phenoxy) is 1. The fourth-order valence-corrected chi connectivity index (χ4v) is 3.00. The number of H-pyrrole nitrogens is 1. The summed E-state index contributed by atoms with van der Waals surface area (Å²) < 4.78 is 6.99. The van der Waals surface area contributed by atoms with Crippen molar-refractivity contribution < 1.29 is 9.53 Å². The molecule has 0 bridgehead atoms. The van der Waals surface area contributed by atoms with Crippen LogP contribution >= 0.6 is 0 Å². The molecule has 0 atom stereocenters. The maximum atomic E-state index is 12.8. The van der Waals surface area contributed by atoms with Crippen LogP contribution in [0.4, 0.5) is 0 Å². The number of imidazole rings is 1. The first-order valence-electron chi connectivity index (χ1n) is 7.43. The maximum Gasteiger partial charge on any atom is 0.345 e. The molecule has 0 aliphatic heterocycles. The lowest BCUT2D eigenvalue weighted by Crippen LogP contribution is -2.20. The Morgan fingerprint density at radius 1 is 1.09 bits per heavy atom. The number of para-hydroxylation sites is 3. The summed E-state index contributed by atoms with van der Waals surface area (Å²) >= 11 is 0. The van der Waals surface area contributed by atoms with Gasteiger partial charge in [0, 0.05) is 5.39 Å². The van der Waals surface area contributed by atoms with Crippen molar-refractivity contribution >= 4 is 33.6 Å². The number of hydrogen-bond donors (Lipinski definition) is 1. The van der Waals surface area contributed by atoms with Crippen LogP contribution in [-0.2, 0) is 4.74 Å². The van der Waals surface area contributed by atoms with Crippen molar-refractivity contribution in [2.24, 2.45) is 0 Å². The zero-order chi connectivity index (χ0) is 16.0. The number of carbonyl (C=O) groups is 1. The van der Waals surface area contributed by atoms with Gasteiger partial charge in [-0.3, -0.25) is 9.20 Å². The van der Waals surface area contributed by atoms with Gasteiger partial charge in [-0.05, 0) is 31.2 Å². The highest BCUT2D eigenvalue weighted by Gasteiger charge is 2.21. The number of aromatic nitrogens is 2. The Kier molecular flexibility index (Phi) is 2.94. The lowest BCUT2D eigenvalue weighted by molar-refractivity contribution is 0.0527. The number of esters is 1. The average molecular weight is 306 g/mol. The topological polar surface area (TPSA) is 63.6 Å². The summed E-state index contributed by atoms with van der Waals surface area (Å²) in [6.07, 6.45) is 0. The third kappa shape index (κ3) is 1.86. The molecule has 4 rings (SSSR count). The first-order valence-corrected chi connectivity index (χ1v) is 7.43. The van der Waals surface area contributed by atoms with Gasteiger partial charge >= 0.3 is 5.97 Å². The Balaban J connectivity index is 2.29. The Morgan fingerprint density at radius 2 is 1.78 bits per heavy atom. The third-order valence-corrected chi connectivity index (χ3v) is 3.95. The van der Waals surface area contributed by atoms with E-state index in [1.165, 1.54) is 0 Å². The number of pyridine rings is 1. The average Bonchev–Trinajstić information content (AvgIpc) is 2.94. The van der Waals surface area contributed by atoms with Gasteiger partial charge in [0.15, 0.2) is 0 Å². The standard InChI is InChI=1S/C18H14N2O3/c1-2-23-18(22)15-16(21)11-7-3-5-9-13(11)20-14-10-6-4-8-12(14)19-17(15)20/h3-10,19H,2H2,1H3. The van der Waals surface area contributed by atoms with Gasteiger partial charge in [-0.25, -0.2) is 4.79 Å². The summed E-state index contributed by atoms with van der Waals surface area (Å²) in [4.78, 5) is 28.3. The van der Waals surface area contributed by atoms with Crippen LogP contribution in [0.1, 0.15) is 17.3 Å². The zero-order valence-electron chi connectivity index (χ0n) is 12.5. The second kappa shape index (κ2) is 4.98. The molecule has 5 nitrogen and oxygen atoms in total. The van der Waals surface area contributed by atoms with Crippen molar-refractivity contribution in [1.29, 1.82) is 0 Å². The van der Waals surface area contributed by atoms with Crippen LogP contribution in [0, 0.1) is 0 Å². The molecule has 0 aliphatic carbocycles. The minimum absolute atomic E-state index is 0.0433. The van der Waals surface area contributed by atoms with E-state index in [2.05, 4.69) is 4.98 Å². The molecule has 23 heavy (non-hydrogen) atoms. The Bertz CT molecular complexity index is 1120. The van der Waals surface area contributed by atoms with Gasteiger partial charge in [0.2, 0.25) is 5.43 Å². The highest BCUT2D eigenvalue weighted by molar-refractivity contribution is 6.03. The van der Waals surface area contributed by atoms with Gasteiger partial charge in [-0.1, -0.05) is 24.3 Å². The summed E-state index contributed by atoms with van der Waals surface area (Å²) in [6.45, 7) is 1.94. The Labute approximate surface area is 131 Å². The van der Waals surface area contributed by atoms with Crippen molar-refractivity contribution in [3.8, 4) is 0 Å². The van der Waals surface area contributed by atoms with Gasteiger partial charge in [0.25, 0.3) is 0 Å². The van der Waals surface area contributed by atoms with E-state index in [4.69, 9.17) is 4.74 Å². The lowest BCUT2D eigenvalue weighted by Gasteiger charge is -2.07. The van der Waals surface area contributed by atoms with Gasteiger partial charge in [0.1, 0.15) is 11.2 Å². The van der Waals surface area contributed by atoms with E-state index in [1.54, 1.807) is 19.1 Å². The highest BCUT2D eigenvalue weighted by Crippen LogP contribution is 2.23. The molecule has 2 aromatic carbocycles. The van der Waals surface area contributed by atoms with E-state index < -0.39 is 5.97 Å². The van der Waals surface area contributed by atoms with Gasteiger partial charge in [-0.15, -0.1) is 0 Å². The Hall–Kier alpha value is -3.08. The quantitative estimate of drug-likeness (QED) is 0.579. The minimum Gasteiger partial charge on any atom is -0.462 e. The van der Waals surface area contributed by atoms with Crippen molar-refractivity contribution in [3.05, 3.63) is 64.3 Å². The summed E-state index contributed by atoms with van der Waals surface area (Å²) in [5.74, 6) is -0.604. The molecule has 0 spiro atoms. The summed E-state index contributed by atoms with van der Waals surface area (Å²) in [7, 11) is 0. The van der Waals surface area contributed by atoms with Crippen LogP contribution in [-0.4, -0.2) is 22.0 Å². The summed E-state index contributed by atoms with van der Waals surface area (Å²) in [5, 5.41) is 0.498. The molecule has 0 unspecified atom stereocenters. The number of hydrogen-bond acceptors (Lipinski definition) is 3.